The zero-order valence-electron chi connectivity index (χ0n) is 17.2. The molecule has 1 aliphatic rings. The molecular weight excluding hydrogens is 356 g/mol. The Morgan fingerprint density at radius 3 is 2.34 bits per heavy atom. The van der Waals surface area contributed by atoms with Crippen molar-refractivity contribution in [3.8, 4) is 5.75 Å². The van der Waals surface area contributed by atoms with E-state index in [0.717, 1.165) is 44.8 Å². The van der Waals surface area contributed by atoms with Crippen molar-refractivity contribution >= 4 is 0 Å². The van der Waals surface area contributed by atoms with Crippen LogP contribution < -0.4 is 10.1 Å². The van der Waals surface area contributed by atoms with E-state index in [-0.39, 0.29) is 0 Å². The van der Waals surface area contributed by atoms with Crippen LogP contribution in [-0.4, -0.2) is 31.1 Å². The fraction of sp³-hybridized carbons (Fsp3) is 0.308. The third kappa shape index (κ3) is 5.26. The maximum Gasteiger partial charge on any atom is 0.119 e. The van der Waals surface area contributed by atoms with Crippen LogP contribution in [0.25, 0.3) is 0 Å². The number of nitrogens with zero attached hydrogens (tertiary/aromatic N) is 1. The summed E-state index contributed by atoms with van der Waals surface area (Å²) in [5, 5.41) is 3.61. The van der Waals surface area contributed by atoms with Gasteiger partial charge in [0.2, 0.25) is 0 Å². The summed E-state index contributed by atoms with van der Waals surface area (Å²) in [4.78, 5) is 2.64. The Balaban J connectivity index is 1.43. The molecule has 0 amide bonds. The molecule has 3 heteroatoms. The van der Waals surface area contributed by atoms with Crippen LogP contribution >= 0.6 is 0 Å². The minimum absolute atomic E-state index is 0.510. The van der Waals surface area contributed by atoms with E-state index in [0.29, 0.717) is 6.04 Å². The summed E-state index contributed by atoms with van der Waals surface area (Å²) in [5.74, 6) is 0.959. The van der Waals surface area contributed by atoms with E-state index in [2.05, 4.69) is 89.1 Å². The van der Waals surface area contributed by atoms with Crippen molar-refractivity contribution in [1.82, 2.24) is 10.2 Å². The standard InChI is InChI=1S/C26H30N2O/c1-29-26-13-12-23-20-28(15-14-27-19-22-10-6-3-7-11-22)25(17-24(23)18-26)16-21-8-4-2-5-9-21/h2-13,18,25,27H,14-17,19-20H2,1H3. The van der Waals surface area contributed by atoms with E-state index >= 15 is 0 Å². The first-order valence-corrected chi connectivity index (χ1v) is 10.5. The van der Waals surface area contributed by atoms with Crippen molar-refractivity contribution in [2.24, 2.45) is 0 Å². The lowest BCUT2D eigenvalue weighted by Crippen LogP contribution is -2.44. The van der Waals surface area contributed by atoms with Crippen LogP contribution in [0.3, 0.4) is 0 Å². The van der Waals surface area contributed by atoms with Crippen molar-refractivity contribution in [2.75, 3.05) is 20.2 Å². The maximum atomic E-state index is 5.46. The second-order valence-electron chi connectivity index (χ2n) is 7.82. The first-order valence-electron chi connectivity index (χ1n) is 10.5. The Bertz CT molecular complexity index is 895. The Morgan fingerprint density at radius 2 is 1.62 bits per heavy atom. The van der Waals surface area contributed by atoms with Gasteiger partial charge in [-0.2, -0.15) is 0 Å². The number of ether oxygens (including phenoxy) is 1. The fourth-order valence-electron chi connectivity index (χ4n) is 4.20. The summed E-state index contributed by atoms with van der Waals surface area (Å²) in [6.07, 6.45) is 2.15. The number of benzene rings is 3. The Kier molecular flexibility index (Phi) is 6.60. The summed E-state index contributed by atoms with van der Waals surface area (Å²) >= 11 is 0. The van der Waals surface area contributed by atoms with Gasteiger partial charge in [0.15, 0.2) is 0 Å². The van der Waals surface area contributed by atoms with Gasteiger partial charge < -0.3 is 10.1 Å². The smallest absolute Gasteiger partial charge is 0.119 e. The summed E-state index contributed by atoms with van der Waals surface area (Å²) in [6.45, 7) is 3.97. The molecule has 0 bridgehead atoms. The SMILES string of the molecule is COc1ccc2c(c1)CC(Cc1ccccc1)N(CCNCc1ccccc1)C2. The van der Waals surface area contributed by atoms with Gasteiger partial charge in [-0.3, -0.25) is 4.90 Å². The van der Waals surface area contributed by atoms with E-state index < -0.39 is 0 Å². The van der Waals surface area contributed by atoms with Gasteiger partial charge in [0, 0.05) is 32.2 Å². The fourth-order valence-corrected chi connectivity index (χ4v) is 4.20. The monoisotopic (exact) mass is 386 g/mol. The van der Waals surface area contributed by atoms with Crippen LogP contribution in [0.4, 0.5) is 0 Å². The van der Waals surface area contributed by atoms with E-state index in [1.165, 1.54) is 22.3 Å². The molecule has 0 spiro atoms. The molecule has 3 aromatic rings. The first kappa shape index (κ1) is 19.7. The van der Waals surface area contributed by atoms with E-state index in [1.807, 2.05) is 0 Å². The molecule has 0 aromatic heterocycles. The summed E-state index contributed by atoms with van der Waals surface area (Å²) < 4.78 is 5.46. The van der Waals surface area contributed by atoms with Crippen LogP contribution in [0.2, 0.25) is 0 Å². The van der Waals surface area contributed by atoms with Gasteiger partial charge in [-0.1, -0.05) is 66.7 Å². The number of fused-ring (bicyclic) bond motifs is 1. The third-order valence-electron chi connectivity index (χ3n) is 5.82. The summed E-state index contributed by atoms with van der Waals surface area (Å²) in [5.41, 5.74) is 5.60. The molecule has 0 radical (unpaired) electrons. The van der Waals surface area contributed by atoms with Gasteiger partial charge in [0.05, 0.1) is 7.11 Å². The maximum absolute atomic E-state index is 5.46. The zero-order chi connectivity index (χ0) is 19.9. The van der Waals surface area contributed by atoms with E-state index in [9.17, 15) is 0 Å². The molecule has 0 aliphatic carbocycles. The van der Waals surface area contributed by atoms with Crippen molar-refractivity contribution in [1.29, 1.82) is 0 Å². The molecule has 0 fully saturated rings. The summed E-state index contributed by atoms with van der Waals surface area (Å²) in [7, 11) is 1.75. The van der Waals surface area contributed by atoms with E-state index in [4.69, 9.17) is 4.74 Å². The second kappa shape index (κ2) is 9.73. The molecule has 3 aromatic carbocycles. The number of methoxy groups -OCH3 is 1. The molecule has 4 rings (SSSR count). The van der Waals surface area contributed by atoms with Gasteiger partial charge >= 0.3 is 0 Å². The van der Waals surface area contributed by atoms with Gasteiger partial charge in [-0.15, -0.1) is 0 Å². The van der Waals surface area contributed by atoms with Crippen LogP contribution in [0.15, 0.2) is 78.9 Å². The lowest BCUT2D eigenvalue weighted by Gasteiger charge is -2.37. The molecule has 3 nitrogen and oxygen atoms in total. The number of hydrogen-bond acceptors (Lipinski definition) is 3. The average molecular weight is 387 g/mol. The highest BCUT2D eigenvalue weighted by atomic mass is 16.5. The van der Waals surface area contributed by atoms with Crippen LogP contribution in [-0.2, 0) is 25.9 Å². The molecule has 1 N–H and O–H groups in total. The molecule has 150 valence electrons. The predicted molar refractivity (Wildman–Crippen MR) is 119 cm³/mol. The van der Waals surface area contributed by atoms with Gasteiger partial charge in [0.1, 0.15) is 5.75 Å². The van der Waals surface area contributed by atoms with E-state index in [1.54, 1.807) is 7.11 Å². The zero-order valence-corrected chi connectivity index (χ0v) is 17.2. The second-order valence-corrected chi connectivity index (χ2v) is 7.82. The Hall–Kier alpha value is -2.62. The normalized spacial score (nSPS) is 16.4. The van der Waals surface area contributed by atoms with Crippen LogP contribution in [0, 0.1) is 0 Å². The number of hydrogen-bond donors (Lipinski definition) is 1. The predicted octanol–water partition coefficient (Wildman–Crippen LogP) is 4.45. The lowest BCUT2D eigenvalue weighted by atomic mass is 9.90. The lowest BCUT2D eigenvalue weighted by molar-refractivity contribution is 0.170. The number of rotatable bonds is 8. The highest BCUT2D eigenvalue weighted by molar-refractivity contribution is 5.38. The topological polar surface area (TPSA) is 24.5 Å². The molecule has 0 saturated carbocycles. The van der Waals surface area contributed by atoms with Crippen LogP contribution in [0.5, 0.6) is 5.75 Å². The highest BCUT2D eigenvalue weighted by Crippen LogP contribution is 2.28. The summed E-state index contributed by atoms with van der Waals surface area (Å²) in [6, 6.07) is 28.5. The molecule has 29 heavy (non-hydrogen) atoms. The Labute approximate surface area is 174 Å². The molecule has 0 saturated heterocycles. The van der Waals surface area contributed by atoms with Gasteiger partial charge in [-0.25, -0.2) is 0 Å². The van der Waals surface area contributed by atoms with Crippen LogP contribution in [0.1, 0.15) is 22.3 Å². The third-order valence-corrected chi connectivity index (χ3v) is 5.82. The molecular formula is C26H30N2O. The van der Waals surface area contributed by atoms with Crippen molar-refractivity contribution < 1.29 is 4.74 Å². The largest absolute Gasteiger partial charge is 0.497 e. The van der Waals surface area contributed by atoms with Gasteiger partial charge in [-0.05, 0) is 47.2 Å². The van der Waals surface area contributed by atoms with Crippen molar-refractivity contribution in [2.45, 2.75) is 32.0 Å². The first-order chi connectivity index (χ1) is 14.3. The minimum Gasteiger partial charge on any atom is -0.497 e. The van der Waals surface area contributed by atoms with Crippen molar-refractivity contribution in [3.05, 3.63) is 101 Å². The molecule has 1 atom stereocenters. The highest BCUT2D eigenvalue weighted by Gasteiger charge is 2.26. The van der Waals surface area contributed by atoms with Crippen molar-refractivity contribution in [3.63, 3.8) is 0 Å². The average Bonchev–Trinajstić information content (AvgIpc) is 2.78. The number of nitrogens with one attached hydrogen (secondary N) is 1. The molecule has 1 unspecified atom stereocenters. The van der Waals surface area contributed by atoms with Gasteiger partial charge in [0.25, 0.3) is 0 Å². The Morgan fingerprint density at radius 1 is 0.897 bits per heavy atom. The molecule has 1 aliphatic heterocycles. The minimum atomic E-state index is 0.510. The molecule has 1 heterocycles. The quantitative estimate of drug-likeness (QED) is 0.579.